The maximum Gasteiger partial charge on any atom is 0.179 e. The number of nitriles is 1. The van der Waals surface area contributed by atoms with Crippen molar-refractivity contribution in [3.05, 3.63) is 22.2 Å². The zero-order chi connectivity index (χ0) is 12.1. The van der Waals surface area contributed by atoms with Crippen molar-refractivity contribution in [2.45, 2.75) is 26.9 Å². The molecule has 0 N–H and O–H groups in total. The summed E-state index contributed by atoms with van der Waals surface area (Å²) in [6.07, 6.45) is 0.00693. The predicted molar refractivity (Wildman–Crippen MR) is 65.8 cm³/mol. The molecule has 4 heteroatoms. The third-order valence-electron chi connectivity index (χ3n) is 1.79. The molecular formula is C12H14BrNO2. The maximum atomic E-state index is 9.04. The summed E-state index contributed by atoms with van der Waals surface area (Å²) in [5.41, 5.74) is 0.478. The van der Waals surface area contributed by atoms with Crippen LogP contribution < -0.4 is 9.47 Å². The molecule has 0 bridgehead atoms. The van der Waals surface area contributed by atoms with Crippen molar-refractivity contribution in [1.29, 1.82) is 5.26 Å². The van der Waals surface area contributed by atoms with Crippen LogP contribution in [0.4, 0.5) is 0 Å². The summed E-state index contributed by atoms with van der Waals surface area (Å²) in [7, 11) is 0. The largest absolute Gasteiger partial charge is 0.490 e. The van der Waals surface area contributed by atoms with E-state index in [0.717, 1.165) is 4.47 Å². The molecule has 0 amide bonds. The number of benzene rings is 1. The second-order valence-corrected chi connectivity index (χ2v) is 4.41. The summed E-state index contributed by atoms with van der Waals surface area (Å²) < 4.78 is 11.9. The van der Waals surface area contributed by atoms with Gasteiger partial charge in [0.15, 0.2) is 11.5 Å². The number of hydrogen-bond acceptors (Lipinski definition) is 3. The summed E-state index contributed by atoms with van der Waals surface area (Å²) in [5.74, 6) is 1.12. The molecular weight excluding hydrogens is 270 g/mol. The Balaban J connectivity index is 3.22. The fourth-order valence-corrected chi connectivity index (χ4v) is 1.71. The third kappa shape index (κ3) is 3.14. The lowest BCUT2D eigenvalue weighted by atomic mass is 10.2. The van der Waals surface area contributed by atoms with Gasteiger partial charge in [-0.3, -0.25) is 0 Å². The van der Waals surface area contributed by atoms with Crippen LogP contribution in [0.15, 0.2) is 16.6 Å². The molecule has 0 radical (unpaired) electrons. The number of ether oxygens (including phenoxy) is 2. The van der Waals surface area contributed by atoms with Crippen LogP contribution >= 0.6 is 15.9 Å². The van der Waals surface area contributed by atoms with Crippen LogP contribution in [0.2, 0.25) is 0 Å². The van der Waals surface area contributed by atoms with Crippen LogP contribution in [0.25, 0.3) is 0 Å². The predicted octanol–water partition coefficient (Wildman–Crippen LogP) is 3.51. The third-order valence-corrected chi connectivity index (χ3v) is 2.25. The molecule has 0 spiro atoms. The SMILES string of the molecule is CCOc1cc(Br)cc(C#N)c1OC(C)C. The Bertz CT molecular complexity index is 410. The first-order valence-corrected chi connectivity index (χ1v) is 5.90. The molecule has 1 aromatic rings. The quantitative estimate of drug-likeness (QED) is 0.849. The highest BCUT2D eigenvalue weighted by molar-refractivity contribution is 9.10. The molecule has 0 aliphatic heterocycles. The number of rotatable bonds is 4. The number of halogens is 1. The Morgan fingerprint density at radius 1 is 1.44 bits per heavy atom. The van der Waals surface area contributed by atoms with Gasteiger partial charge in [0.2, 0.25) is 0 Å². The minimum atomic E-state index is 0.00693. The molecule has 16 heavy (non-hydrogen) atoms. The van der Waals surface area contributed by atoms with E-state index in [1.54, 1.807) is 6.07 Å². The molecule has 0 aliphatic carbocycles. The minimum Gasteiger partial charge on any atom is -0.490 e. The van der Waals surface area contributed by atoms with Gasteiger partial charge in [0.25, 0.3) is 0 Å². The van der Waals surface area contributed by atoms with Gasteiger partial charge in [0.05, 0.1) is 18.3 Å². The Hall–Kier alpha value is -1.21. The van der Waals surface area contributed by atoms with Gasteiger partial charge in [-0.1, -0.05) is 15.9 Å². The van der Waals surface area contributed by atoms with Crippen LogP contribution in [0.1, 0.15) is 26.3 Å². The van der Waals surface area contributed by atoms with Crippen molar-refractivity contribution in [3.8, 4) is 17.6 Å². The summed E-state index contributed by atoms with van der Waals surface area (Å²) in [6, 6.07) is 5.64. The number of nitrogens with zero attached hydrogens (tertiary/aromatic N) is 1. The molecule has 3 nitrogen and oxygen atoms in total. The normalized spacial score (nSPS) is 10.0. The molecule has 86 valence electrons. The topological polar surface area (TPSA) is 42.2 Å². The fourth-order valence-electron chi connectivity index (χ4n) is 1.27. The van der Waals surface area contributed by atoms with Crippen LogP contribution in [-0.2, 0) is 0 Å². The van der Waals surface area contributed by atoms with Crippen molar-refractivity contribution in [2.24, 2.45) is 0 Å². The second kappa shape index (κ2) is 5.76. The molecule has 0 aromatic heterocycles. The first-order chi connectivity index (χ1) is 7.58. The van der Waals surface area contributed by atoms with Gasteiger partial charge in [-0.2, -0.15) is 5.26 Å². The molecule has 1 aromatic carbocycles. The van der Waals surface area contributed by atoms with E-state index in [1.165, 1.54) is 0 Å². The van der Waals surface area contributed by atoms with Crippen molar-refractivity contribution in [2.75, 3.05) is 6.61 Å². The molecule has 0 unspecified atom stereocenters. The van der Waals surface area contributed by atoms with E-state index in [2.05, 4.69) is 22.0 Å². The molecule has 1 rings (SSSR count). The molecule has 0 heterocycles. The molecule has 0 aliphatic rings. The Kier molecular flexibility index (Phi) is 4.63. The van der Waals surface area contributed by atoms with E-state index in [1.807, 2.05) is 26.8 Å². The molecule has 0 saturated heterocycles. The highest BCUT2D eigenvalue weighted by Gasteiger charge is 2.14. The van der Waals surface area contributed by atoms with E-state index in [0.29, 0.717) is 23.7 Å². The van der Waals surface area contributed by atoms with E-state index >= 15 is 0 Å². The highest BCUT2D eigenvalue weighted by atomic mass is 79.9. The zero-order valence-electron chi connectivity index (χ0n) is 9.58. The van der Waals surface area contributed by atoms with Gasteiger partial charge in [-0.05, 0) is 32.9 Å². The first kappa shape index (κ1) is 12.9. The summed E-state index contributed by atoms with van der Waals surface area (Å²) >= 11 is 3.34. The van der Waals surface area contributed by atoms with Gasteiger partial charge in [-0.25, -0.2) is 0 Å². The summed E-state index contributed by atoms with van der Waals surface area (Å²) in [6.45, 7) is 6.26. The van der Waals surface area contributed by atoms with Gasteiger partial charge in [-0.15, -0.1) is 0 Å². The standard InChI is InChI=1S/C12H14BrNO2/c1-4-15-11-6-10(13)5-9(7-14)12(11)16-8(2)3/h5-6,8H,4H2,1-3H3. The van der Waals surface area contributed by atoms with Crippen molar-refractivity contribution < 1.29 is 9.47 Å². The fraction of sp³-hybridized carbons (Fsp3) is 0.417. The summed E-state index contributed by atoms with van der Waals surface area (Å²) in [5, 5.41) is 9.04. The summed E-state index contributed by atoms with van der Waals surface area (Å²) in [4.78, 5) is 0. The zero-order valence-corrected chi connectivity index (χ0v) is 11.2. The molecule has 0 saturated carbocycles. The lowest BCUT2D eigenvalue weighted by Crippen LogP contribution is -2.08. The van der Waals surface area contributed by atoms with E-state index in [9.17, 15) is 0 Å². The first-order valence-electron chi connectivity index (χ1n) is 5.11. The van der Waals surface area contributed by atoms with Crippen LogP contribution in [0.3, 0.4) is 0 Å². The Morgan fingerprint density at radius 3 is 2.62 bits per heavy atom. The highest BCUT2D eigenvalue weighted by Crippen LogP contribution is 2.35. The average molecular weight is 284 g/mol. The van der Waals surface area contributed by atoms with E-state index < -0.39 is 0 Å². The van der Waals surface area contributed by atoms with Gasteiger partial charge in [0.1, 0.15) is 6.07 Å². The van der Waals surface area contributed by atoms with Crippen molar-refractivity contribution in [3.63, 3.8) is 0 Å². The van der Waals surface area contributed by atoms with E-state index in [4.69, 9.17) is 14.7 Å². The second-order valence-electron chi connectivity index (χ2n) is 3.49. The molecule has 0 fully saturated rings. The van der Waals surface area contributed by atoms with Crippen LogP contribution in [-0.4, -0.2) is 12.7 Å². The van der Waals surface area contributed by atoms with Gasteiger partial charge >= 0.3 is 0 Å². The van der Waals surface area contributed by atoms with Gasteiger partial charge < -0.3 is 9.47 Å². The average Bonchev–Trinajstić information content (AvgIpc) is 2.21. The van der Waals surface area contributed by atoms with Gasteiger partial charge in [0, 0.05) is 4.47 Å². The van der Waals surface area contributed by atoms with Crippen molar-refractivity contribution >= 4 is 15.9 Å². The van der Waals surface area contributed by atoms with Crippen LogP contribution in [0.5, 0.6) is 11.5 Å². The van der Waals surface area contributed by atoms with Crippen LogP contribution in [0, 0.1) is 11.3 Å². The Morgan fingerprint density at radius 2 is 2.12 bits per heavy atom. The van der Waals surface area contributed by atoms with E-state index in [-0.39, 0.29) is 6.10 Å². The molecule has 0 atom stereocenters. The maximum absolute atomic E-state index is 9.04. The van der Waals surface area contributed by atoms with Crippen molar-refractivity contribution in [1.82, 2.24) is 0 Å². The lowest BCUT2D eigenvalue weighted by molar-refractivity contribution is 0.223. The lowest BCUT2D eigenvalue weighted by Gasteiger charge is -2.16. The number of hydrogen-bond donors (Lipinski definition) is 0. The smallest absolute Gasteiger partial charge is 0.179 e. The Labute approximate surface area is 104 Å². The minimum absolute atomic E-state index is 0.00693. The monoisotopic (exact) mass is 283 g/mol.